The Morgan fingerprint density at radius 2 is 1.41 bits per heavy atom. The average Bonchev–Trinajstić information content (AvgIpc) is 3.30. The number of aromatic nitrogens is 2. The van der Waals surface area contributed by atoms with Crippen LogP contribution in [0.1, 0.15) is 37.8 Å². The molecule has 0 saturated carbocycles. The highest BCUT2D eigenvalue weighted by Gasteiger charge is 2.31. The number of aromatic amines is 1. The highest BCUT2D eigenvalue weighted by molar-refractivity contribution is 5.95. The maximum atomic E-state index is 13.0. The number of nitrogens with zero attached hydrogens (tertiary/aromatic N) is 1. The van der Waals surface area contributed by atoms with E-state index in [-0.39, 0.29) is 19.3 Å². The zero-order chi connectivity index (χ0) is 28.1. The summed E-state index contributed by atoms with van der Waals surface area (Å²) in [6.45, 7) is 0. The Labute approximate surface area is 209 Å². The molecule has 37 heavy (non-hydrogen) atoms. The van der Waals surface area contributed by atoms with Gasteiger partial charge in [0.05, 0.1) is 18.8 Å². The predicted molar refractivity (Wildman–Crippen MR) is 121 cm³/mol. The summed E-state index contributed by atoms with van der Waals surface area (Å²) in [6, 6.07) is -5.99. The highest BCUT2D eigenvalue weighted by atomic mass is 16.4. The van der Waals surface area contributed by atoms with Crippen LogP contribution in [-0.2, 0) is 40.0 Å². The summed E-state index contributed by atoms with van der Waals surface area (Å²) in [5.74, 6) is -7.95. The van der Waals surface area contributed by atoms with Gasteiger partial charge in [-0.15, -0.1) is 0 Å². The van der Waals surface area contributed by atoms with Crippen LogP contribution in [-0.4, -0.2) is 91.0 Å². The number of hydrogen-bond donors (Lipinski definition) is 9. The normalized spacial score (nSPS) is 13.9. The maximum Gasteiger partial charge on any atom is 0.326 e. The van der Waals surface area contributed by atoms with Gasteiger partial charge in [-0.05, 0) is 12.8 Å². The third-order valence-corrected chi connectivity index (χ3v) is 4.92. The van der Waals surface area contributed by atoms with Crippen molar-refractivity contribution in [3.05, 3.63) is 18.2 Å². The number of aliphatic carboxylic acids is 3. The van der Waals surface area contributed by atoms with Gasteiger partial charge in [-0.2, -0.15) is 0 Å². The first kappa shape index (κ1) is 30.5. The Balaban J connectivity index is 3.08. The number of amides is 4. The lowest BCUT2D eigenvalue weighted by Crippen LogP contribution is -2.57. The van der Waals surface area contributed by atoms with Crippen LogP contribution < -0.4 is 27.4 Å². The molecule has 0 aromatic carbocycles. The van der Waals surface area contributed by atoms with Gasteiger partial charge in [0, 0.05) is 31.2 Å². The van der Waals surface area contributed by atoms with E-state index in [1.54, 1.807) is 0 Å². The Morgan fingerprint density at radius 1 is 0.838 bits per heavy atom. The fraction of sp³-hybridized carbons (Fsp3) is 0.500. The number of nitrogens with two attached hydrogens (primary N) is 2. The smallest absolute Gasteiger partial charge is 0.326 e. The zero-order valence-corrected chi connectivity index (χ0v) is 19.5. The highest BCUT2D eigenvalue weighted by Crippen LogP contribution is 2.06. The maximum absolute atomic E-state index is 13.0. The molecular weight excluding hydrogens is 498 g/mol. The molecule has 0 aliphatic heterocycles. The van der Waals surface area contributed by atoms with Crippen molar-refractivity contribution in [2.24, 2.45) is 11.5 Å². The molecule has 17 nitrogen and oxygen atoms in total. The molecule has 0 bridgehead atoms. The second-order valence-corrected chi connectivity index (χ2v) is 7.94. The summed E-state index contributed by atoms with van der Waals surface area (Å²) in [6.07, 6.45) is -0.000926. The molecule has 0 fully saturated rings. The molecule has 4 atom stereocenters. The Bertz CT molecular complexity index is 998. The van der Waals surface area contributed by atoms with Crippen LogP contribution in [0.3, 0.4) is 0 Å². The third-order valence-electron chi connectivity index (χ3n) is 4.92. The molecule has 0 radical (unpaired) electrons. The van der Waals surface area contributed by atoms with E-state index in [2.05, 4.69) is 25.9 Å². The van der Waals surface area contributed by atoms with Crippen molar-refractivity contribution >= 4 is 41.5 Å². The summed E-state index contributed by atoms with van der Waals surface area (Å²) in [5.41, 5.74) is 11.0. The summed E-state index contributed by atoms with van der Waals surface area (Å²) < 4.78 is 0. The molecule has 0 aliphatic carbocycles. The van der Waals surface area contributed by atoms with Gasteiger partial charge < -0.3 is 47.7 Å². The van der Waals surface area contributed by atoms with Crippen molar-refractivity contribution in [1.82, 2.24) is 25.9 Å². The van der Waals surface area contributed by atoms with Gasteiger partial charge in [0.25, 0.3) is 0 Å². The van der Waals surface area contributed by atoms with Crippen molar-refractivity contribution in [1.29, 1.82) is 0 Å². The minimum absolute atomic E-state index is 0.183. The molecule has 4 amide bonds. The van der Waals surface area contributed by atoms with Crippen LogP contribution in [0.25, 0.3) is 0 Å². The van der Waals surface area contributed by atoms with E-state index in [9.17, 15) is 38.7 Å². The first-order chi connectivity index (χ1) is 17.3. The molecule has 11 N–H and O–H groups in total. The van der Waals surface area contributed by atoms with Gasteiger partial charge in [0.2, 0.25) is 23.6 Å². The van der Waals surface area contributed by atoms with Crippen molar-refractivity contribution in [2.75, 3.05) is 0 Å². The van der Waals surface area contributed by atoms with E-state index in [0.717, 1.165) is 0 Å². The summed E-state index contributed by atoms with van der Waals surface area (Å²) in [4.78, 5) is 89.0. The van der Waals surface area contributed by atoms with Crippen molar-refractivity contribution in [3.8, 4) is 0 Å². The number of carboxylic acids is 3. The molecule has 1 aromatic heterocycles. The number of carboxylic acid groups (broad SMARTS) is 3. The number of primary amides is 1. The van der Waals surface area contributed by atoms with E-state index in [1.807, 2.05) is 0 Å². The van der Waals surface area contributed by atoms with E-state index >= 15 is 0 Å². The molecule has 0 saturated heterocycles. The number of imidazole rings is 1. The van der Waals surface area contributed by atoms with Gasteiger partial charge in [-0.25, -0.2) is 9.78 Å². The predicted octanol–water partition coefficient (Wildman–Crippen LogP) is -3.58. The second kappa shape index (κ2) is 14.8. The number of H-pyrrole nitrogens is 1. The lowest BCUT2D eigenvalue weighted by molar-refractivity contribution is -0.143. The van der Waals surface area contributed by atoms with Crippen molar-refractivity contribution in [2.45, 2.75) is 62.7 Å². The number of rotatable bonds is 17. The monoisotopic (exact) mass is 527 g/mol. The zero-order valence-electron chi connectivity index (χ0n) is 19.5. The van der Waals surface area contributed by atoms with Gasteiger partial charge in [0.1, 0.15) is 18.1 Å². The van der Waals surface area contributed by atoms with Crippen LogP contribution >= 0.6 is 0 Å². The van der Waals surface area contributed by atoms with Crippen molar-refractivity contribution in [3.63, 3.8) is 0 Å². The van der Waals surface area contributed by atoms with Crippen LogP contribution in [0, 0.1) is 0 Å². The molecule has 0 aliphatic rings. The van der Waals surface area contributed by atoms with Crippen LogP contribution in [0.4, 0.5) is 0 Å². The molecule has 1 aromatic rings. The molecule has 17 heteroatoms. The topological polar surface area (TPSA) is 297 Å². The lowest BCUT2D eigenvalue weighted by Gasteiger charge is -2.24. The quantitative estimate of drug-likeness (QED) is 0.0950. The van der Waals surface area contributed by atoms with Crippen LogP contribution in [0.5, 0.6) is 0 Å². The number of hydrogen-bond acceptors (Lipinski definition) is 9. The largest absolute Gasteiger partial charge is 0.481 e. The van der Waals surface area contributed by atoms with E-state index in [0.29, 0.717) is 5.69 Å². The Morgan fingerprint density at radius 3 is 1.92 bits per heavy atom. The fourth-order valence-corrected chi connectivity index (χ4v) is 3.01. The molecule has 4 unspecified atom stereocenters. The van der Waals surface area contributed by atoms with Gasteiger partial charge in [0.15, 0.2) is 0 Å². The standard InChI is InChI=1S/C20H29N7O10/c21-10(6-16(31)32)17(33)27-13(5-9-7-23-8-24-9)19(35)25-11(1-3-14(22)28)18(34)26-12(20(36)37)2-4-15(29)30/h7-8,10-13H,1-6,21H2,(H2,22,28)(H,23,24)(H,25,35)(H,26,34)(H,27,33)(H,29,30)(H,31,32)(H,36,37). The minimum Gasteiger partial charge on any atom is -0.481 e. The minimum atomic E-state index is -1.61. The molecule has 1 heterocycles. The number of carbonyl (C=O) groups is 7. The van der Waals surface area contributed by atoms with Crippen LogP contribution in [0.15, 0.2) is 12.5 Å². The lowest BCUT2D eigenvalue weighted by atomic mass is 10.1. The molecule has 1 rings (SSSR count). The van der Waals surface area contributed by atoms with Crippen LogP contribution in [0.2, 0.25) is 0 Å². The van der Waals surface area contributed by atoms with Gasteiger partial charge >= 0.3 is 17.9 Å². The third kappa shape index (κ3) is 11.6. The van der Waals surface area contributed by atoms with E-state index in [4.69, 9.17) is 21.7 Å². The first-order valence-corrected chi connectivity index (χ1v) is 10.9. The van der Waals surface area contributed by atoms with Crippen molar-refractivity contribution < 1.29 is 48.9 Å². The first-order valence-electron chi connectivity index (χ1n) is 10.9. The summed E-state index contributed by atoms with van der Waals surface area (Å²) in [5, 5.41) is 33.6. The molecular formula is C20H29N7O10. The van der Waals surface area contributed by atoms with Gasteiger partial charge in [-0.1, -0.05) is 0 Å². The average molecular weight is 527 g/mol. The SMILES string of the molecule is NC(=O)CCC(NC(=O)C(Cc1cnc[nH]1)NC(=O)C(N)CC(=O)O)C(=O)NC(CCC(=O)O)C(=O)O. The Kier molecular flexibility index (Phi) is 12.2. The number of carbonyl (C=O) groups excluding carboxylic acids is 4. The number of nitrogens with one attached hydrogen (secondary N) is 4. The second-order valence-electron chi connectivity index (χ2n) is 7.94. The summed E-state index contributed by atoms with van der Waals surface area (Å²) >= 11 is 0. The van der Waals surface area contributed by atoms with Gasteiger partial charge in [-0.3, -0.25) is 28.8 Å². The fourth-order valence-electron chi connectivity index (χ4n) is 3.01. The Hall–Kier alpha value is -4.54. The van der Waals surface area contributed by atoms with E-state index in [1.165, 1.54) is 12.5 Å². The summed E-state index contributed by atoms with van der Waals surface area (Å²) in [7, 11) is 0. The van der Waals surface area contributed by atoms with E-state index < -0.39 is 85.0 Å². The molecule has 0 spiro atoms. The molecule has 204 valence electrons.